The molecule has 82 valence electrons. The first-order chi connectivity index (χ1) is 6.66. The van der Waals surface area contributed by atoms with Crippen LogP contribution in [0, 0.1) is 0 Å². The summed E-state index contributed by atoms with van der Waals surface area (Å²) in [7, 11) is 3.67. The first kappa shape index (κ1) is 11.3. The molecule has 1 aliphatic heterocycles. The van der Waals surface area contributed by atoms with Crippen molar-refractivity contribution in [2.75, 3.05) is 20.6 Å². The predicted molar refractivity (Wildman–Crippen MR) is 58.3 cm³/mol. The van der Waals surface area contributed by atoms with Crippen molar-refractivity contribution in [3.63, 3.8) is 0 Å². The number of nitrogens with zero attached hydrogens (tertiary/aromatic N) is 2. The van der Waals surface area contributed by atoms with Gasteiger partial charge in [-0.3, -0.25) is 0 Å². The second kappa shape index (κ2) is 5.23. The molecule has 1 unspecified atom stereocenters. The fourth-order valence-corrected chi connectivity index (χ4v) is 2.11. The van der Waals surface area contributed by atoms with Crippen molar-refractivity contribution in [2.45, 2.75) is 45.1 Å². The lowest BCUT2D eigenvalue weighted by atomic mass is 10.1. The number of urea groups is 1. The number of hydrogen-bond donors (Lipinski definition) is 0. The van der Waals surface area contributed by atoms with Gasteiger partial charge in [-0.05, 0) is 19.3 Å². The van der Waals surface area contributed by atoms with Crippen LogP contribution in [-0.4, -0.2) is 42.5 Å². The van der Waals surface area contributed by atoms with E-state index in [1.165, 1.54) is 19.3 Å². The van der Waals surface area contributed by atoms with Crippen molar-refractivity contribution in [3.8, 4) is 0 Å². The Kier molecular flexibility index (Phi) is 4.23. The van der Waals surface area contributed by atoms with Gasteiger partial charge in [0, 0.05) is 26.7 Å². The molecule has 1 heterocycles. The largest absolute Gasteiger partial charge is 0.331 e. The van der Waals surface area contributed by atoms with Gasteiger partial charge in [-0.2, -0.15) is 0 Å². The Bertz CT molecular complexity index is 192. The van der Waals surface area contributed by atoms with E-state index in [0.717, 1.165) is 19.4 Å². The van der Waals surface area contributed by atoms with Crippen LogP contribution in [0.15, 0.2) is 0 Å². The van der Waals surface area contributed by atoms with Crippen molar-refractivity contribution < 1.29 is 4.79 Å². The third-order valence-corrected chi connectivity index (χ3v) is 2.98. The van der Waals surface area contributed by atoms with Crippen LogP contribution in [-0.2, 0) is 0 Å². The minimum absolute atomic E-state index is 0.179. The second-order valence-electron chi connectivity index (χ2n) is 4.28. The van der Waals surface area contributed by atoms with Crippen LogP contribution >= 0.6 is 0 Å². The zero-order chi connectivity index (χ0) is 10.6. The van der Waals surface area contributed by atoms with Crippen LogP contribution in [0.1, 0.15) is 39.0 Å². The van der Waals surface area contributed by atoms with Crippen LogP contribution in [0.5, 0.6) is 0 Å². The Morgan fingerprint density at radius 3 is 2.64 bits per heavy atom. The maximum atomic E-state index is 11.9. The molecule has 14 heavy (non-hydrogen) atoms. The van der Waals surface area contributed by atoms with E-state index in [2.05, 4.69) is 6.92 Å². The normalized spacial score (nSPS) is 23.1. The summed E-state index contributed by atoms with van der Waals surface area (Å²) in [6.45, 7) is 3.11. The van der Waals surface area contributed by atoms with Crippen LogP contribution in [0.25, 0.3) is 0 Å². The summed E-state index contributed by atoms with van der Waals surface area (Å²) in [5.41, 5.74) is 0. The van der Waals surface area contributed by atoms with E-state index in [9.17, 15) is 4.79 Å². The molecule has 1 atom stereocenters. The van der Waals surface area contributed by atoms with Crippen molar-refractivity contribution in [1.29, 1.82) is 0 Å². The highest BCUT2D eigenvalue weighted by Gasteiger charge is 2.24. The number of amides is 2. The number of rotatable bonds is 1. The number of carbonyl (C=O) groups is 1. The van der Waals surface area contributed by atoms with Crippen LogP contribution in [0.3, 0.4) is 0 Å². The van der Waals surface area contributed by atoms with Gasteiger partial charge < -0.3 is 9.80 Å². The van der Waals surface area contributed by atoms with Crippen molar-refractivity contribution in [2.24, 2.45) is 0 Å². The van der Waals surface area contributed by atoms with Gasteiger partial charge in [0.05, 0.1) is 0 Å². The zero-order valence-electron chi connectivity index (χ0n) is 9.62. The summed E-state index contributed by atoms with van der Waals surface area (Å²) in [6.07, 6.45) is 5.97. The fourth-order valence-electron chi connectivity index (χ4n) is 2.11. The van der Waals surface area contributed by atoms with Crippen LogP contribution in [0.4, 0.5) is 4.79 Å². The summed E-state index contributed by atoms with van der Waals surface area (Å²) >= 11 is 0. The first-order valence-electron chi connectivity index (χ1n) is 5.64. The van der Waals surface area contributed by atoms with Crippen LogP contribution in [0.2, 0.25) is 0 Å². The average molecular weight is 198 g/mol. The van der Waals surface area contributed by atoms with E-state index in [1.54, 1.807) is 4.90 Å². The van der Waals surface area contributed by atoms with Crippen molar-refractivity contribution >= 4 is 6.03 Å². The molecule has 0 aliphatic carbocycles. The molecule has 0 aromatic carbocycles. The zero-order valence-corrected chi connectivity index (χ0v) is 9.62. The van der Waals surface area contributed by atoms with Gasteiger partial charge in [-0.25, -0.2) is 4.79 Å². The lowest BCUT2D eigenvalue weighted by molar-refractivity contribution is 0.148. The van der Waals surface area contributed by atoms with Crippen LogP contribution < -0.4 is 0 Å². The van der Waals surface area contributed by atoms with E-state index in [1.807, 2.05) is 19.0 Å². The molecular formula is C11H22N2O. The molecule has 0 bridgehead atoms. The highest BCUT2D eigenvalue weighted by Crippen LogP contribution is 2.19. The molecule has 1 aliphatic rings. The first-order valence-corrected chi connectivity index (χ1v) is 5.64. The maximum absolute atomic E-state index is 11.9. The van der Waals surface area contributed by atoms with Gasteiger partial charge in [0.1, 0.15) is 0 Å². The molecule has 0 N–H and O–H groups in total. The monoisotopic (exact) mass is 198 g/mol. The summed E-state index contributed by atoms with van der Waals surface area (Å²) in [5.74, 6) is 0. The lowest BCUT2D eigenvalue weighted by Gasteiger charge is -2.31. The molecule has 0 aromatic rings. The quantitative estimate of drug-likeness (QED) is 0.634. The summed E-state index contributed by atoms with van der Waals surface area (Å²) in [4.78, 5) is 15.6. The van der Waals surface area contributed by atoms with Crippen molar-refractivity contribution in [3.05, 3.63) is 0 Å². The number of hydrogen-bond acceptors (Lipinski definition) is 1. The third-order valence-electron chi connectivity index (χ3n) is 2.98. The predicted octanol–water partition coefficient (Wildman–Crippen LogP) is 2.32. The van der Waals surface area contributed by atoms with E-state index >= 15 is 0 Å². The van der Waals surface area contributed by atoms with E-state index in [-0.39, 0.29) is 6.03 Å². The standard InChI is InChI=1S/C11H22N2O/c1-4-10-8-6-5-7-9-13(10)11(14)12(2)3/h10H,4-9H2,1-3H3. The van der Waals surface area contributed by atoms with E-state index in [4.69, 9.17) is 0 Å². The van der Waals surface area contributed by atoms with Gasteiger partial charge >= 0.3 is 6.03 Å². The van der Waals surface area contributed by atoms with Gasteiger partial charge in [0.15, 0.2) is 0 Å². The molecule has 1 saturated heterocycles. The molecule has 1 fully saturated rings. The van der Waals surface area contributed by atoms with E-state index in [0.29, 0.717) is 6.04 Å². The minimum atomic E-state index is 0.179. The number of likely N-dealkylation sites (tertiary alicyclic amines) is 1. The van der Waals surface area contributed by atoms with E-state index < -0.39 is 0 Å². The van der Waals surface area contributed by atoms with Gasteiger partial charge in [0.25, 0.3) is 0 Å². The Labute approximate surface area is 87.1 Å². The Morgan fingerprint density at radius 2 is 2.07 bits per heavy atom. The molecule has 0 aromatic heterocycles. The summed E-state index contributed by atoms with van der Waals surface area (Å²) < 4.78 is 0. The molecule has 1 rings (SSSR count). The van der Waals surface area contributed by atoms with Gasteiger partial charge in [0.2, 0.25) is 0 Å². The number of carbonyl (C=O) groups excluding carboxylic acids is 1. The Hall–Kier alpha value is -0.730. The Balaban J connectivity index is 2.65. The Morgan fingerprint density at radius 1 is 1.36 bits per heavy atom. The molecule has 0 radical (unpaired) electrons. The maximum Gasteiger partial charge on any atom is 0.319 e. The highest BCUT2D eigenvalue weighted by atomic mass is 16.2. The molecule has 3 nitrogen and oxygen atoms in total. The average Bonchev–Trinajstić information content (AvgIpc) is 2.40. The second-order valence-corrected chi connectivity index (χ2v) is 4.28. The van der Waals surface area contributed by atoms with Crippen molar-refractivity contribution in [1.82, 2.24) is 9.80 Å². The molecule has 0 spiro atoms. The summed E-state index contributed by atoms with van der Waals surface area (Å²) in [6, 6.07) is 0.645. The highest BCUT2D eigenvalue weighted by molar-refractivity contribution is 5.74. The fraction of sp³-hybridized carbons (Fsp3) is 0.909. The smallest absolute Gasteiger partial charge is 0.319 e. The molecule has 0 saturated carbocycles. The summed E-state index contributed by atoms with van der Waals surface area (Å²) in [5, 5.41) is 0. The van der Waals surface area contributed by atoms with Gasteiger partial charge in [-0.15, -0.1) is 0 Å². The molecular weight excluding hydrogens is 176 g/mol. The molecule has 2 amide bonds. The SMILES string of the molecule is CCC1CCCCCN1C(=O)N(C)C. The third kappa shape index (κ3) is 2.63. The lowest BCUT2D eigenvalue weighted by Crippen LogP contribution is -2.45. The molecule has 3 heteroatoms. The minimum Gasteiger partial charge on any atom is -0.331 e. The van der Waals surface area contributed by atoms with Gasteiger partial charge in [-0.1, -0.05) is 19.8 Å². The topological polar surface area (TPSA) is 23.6 Å².